The highest BCUT2D eigenvalue weighted by Gasteiger charge is 2.10. The van der Waals surface area contributed by atoms with E-state index in [1.807, 2.05) is 0 Å². The van der Waals surface area contributed by atoms with Crippen LogP contribution in [0.5, 0.6) is 5.75 Å². The van der Waals surface area contributed by atoms with Gasteiger partial charge in [0, 0.05) is 0 Å². The summed E-state index contributed by atoms with van der Waals surface area (Å²) in [6.07, 6.45) is 7.20. The van der Waals surface area contributed by atoms with Gasteiger partial charge in [0.25, 0.3) is 0 Å². The van der Waals surface area contributed by atoms with Gasteiger partial charge in [-0.15, -0.1) is 0 Å². The zero-order valence-electron chi connectivity index (χ0n) is 15.2. The third-order valence-electron chi connectivity index (χ3n) is 3.62. The van der Waals surface area contributed by atoms with E-state index in [0.717, 1.165) is 12.2 Å². The molecule has 1 rings (SSSR count). The molecule has 0 aliphatic rings. The van der Waals surface area contributed by atoms with Crippen molar-refractivity contribution in [2.45, 2.75) is 78.7 Å². The minimum atomic E-state index is -0.0988. The third kappa shape index (κ3) is 7.84. The van der Waals surface area contributed by atoms with Gasteiger partial charge in [0.05, 0.1) is 12.2 Å². The van der Waals surface area contributed by atoms with Crippen LogP contribution in [0.4, 0.5) is 0 Å². The minimum absolute atomic E-state index is 0.0988. The second-order valence-corrected chi connectivity index (χ2v) is 6.96. The van der Waals surface area contributed by atoms with Gasteiger partial charge < -0.3 is 9.47 Å². The molecule has 126 valence electrons. The molecule has 0 amide bonds. The van der Waals surface area contributed by atoms with Gasteiger partial charge in [0.1, 0.15) is 12.4 Å². The standard InChI is InChI=1S/C20H34O2/c1-6-8-10-17-12-13-19(18(16-17)11-9-7-2)21-14-15-22-20(3,4)5/h12-13,16H,6-11,14-15H2,1-5H3. The average molecular weight is 306 g/mol. The Kier molecular flexibility index (Phi) is 8.55. The molecule has 0 heterocycles. The molecule has 0 aliphatic heterocycles. The lowest BCUT2D eigenvalue weighted by Crippen LogP contribution is -2.22. The summed E-state index contributed by atoms with van der Waals surface area (Å²) >= 11 is 0. The van der Waals surface area contributed by atoms with Crippen molar-refractivity contribution in [3.05, 3.63) is 29.3 Å². The number of ether oxygens (including phenoxy) is 2. The number of hydrogen-bond donors (Lipinski definition) is 0. The molecule has 0 fully saturated rings. The number of aryl methyl sites for hydroxylation is 2. The van der Waals surface area contributed by atoms with E-state index in [1.54, 1.807) is 0 Å². The lowest BCUT2D eigenvalue weighted by Gasteiger charge is -2.20. The quantitative estimate of drug-likeness (QED) is 0.526. The van der Waals surface area contributed by atoms with E-state index < -0.39 is 0 Å². The summed E-state index contributed by atoms with van der Waals surface area (Å²) in [5.41, 5.74) is 2.69. The number of benzene rings is 1. The molecule has 0 saturated heterocycles. The Morgan fingerprint density at radius 1 is 0.909 bits per heavy atom. The van der Waals surface area contributed by atoms with Crippen LogP contribution in [0.2, 0.25) is 0 Å². The SMILES string of the molecule is CCCCc1ccc(OCCOC(C)(C)C)c(CCCC)c1. The molecule has 1 aromatic carbocycles. The Hall–Kier alpha value is -1.02. The molecule has 22 heavy (non-hydrogen) atoms. The van der Waals surface area contributed by atoms with E-state index >= 15 is 0 Å². The van der Waals surface area contributed by atoms with Gasteiger partial charge in [-0.05, 0) is 63.6 Å². The highest BCUT2D eigenvalue weighted by Crippen LogP contribution is 2.23. The first-order chi connectivity index (χ1) is 10.5. The zero-order valence-corrected chi connectivity index (χ0v) is 15.2. The van der Waals surface area contributed by atoms with Crippen LogP contribution in [-0.2, 0) is 17.6 Å². The van der Waals surface area contributed by atoms with Crippen molar-refractivity contribution < 1.29 is 9.47 Å². The number of rotatable bonds is 10. The van der Waals surface area contributed by atoms with Crippen molar-refractivity contribution in [2.24, 2.45) is 0 Å². The molecule has 0 aromatic heterocycles. The zero-order chi connectivity index (χ0) is 16.4. The van der Waals surface area contributed by atoms with Gasteiger partial charge in [-0.3, -0.25) is 0 Å². The fraction of sp³-hybridized carbons (Fsp3) is 0.700. The minimum Gasteiger partial charge on any atom is -0.491 e. The van der Waals surface area contributed by atoms with Crippen LogP contribution in [-0.4, -0.2) is 18.8 Å². The fourth-order valence-electron chi connectivity index (χ4n) is 2.37. The topological polar surface area (TPSA) is 18.5 Å². The number of unbranched alkanes of at least 4 members (excludes halogenated alkanes) is 2. The largest absolute Gasteiger partial charge is 0.491 e. The molecule has 2 nitrogen and oxygen atoms in total. The van der Waals surface area contributed by atoms with Crippen LogP contribution >= 0.6 is 0 Å². The molecule has 0 aliphatic carbocycles. The van der Waals surface area contributed by atoms with Crippen molar-refractivity contribution in [1.29, 1.82) is 0 Å². The van der Waals surface area contributed by atoms with E-state index in [9.17, 15) is 0 Å². The molecule has 0 radical (unpaired) electrons. The van der Waals surface area contributed by atoms with E-state index in [2.05, 4.69) is 52.8 Å². The summed E-state index contributed by atoms with van der Waals surface area (Å²) in [5, 5.41) is 0. The van der Waals surface area contributed by atoms with Gasteiger partial charge in [-0.1, -0.05) is 38.8 Å². The summed E-state index contributed by atoms with van der Waals surface area (Å²) in [7, 11) is 0. The molecule has 0 saturated carbocycles. The van der Waals surface area contributed by atoms with E-state index in [4.69, 9.17) is 9.47 Å². The molecule has 1 aromatic rings. The van der Waals surface area contributed by atoms with Gasteiger partial charge >= 0.3 is 0 Å². The van der Waals surface area contributed by atoms with Crippen molar-refractivity contribution >= 4 is 0 Å². The fourth-order valence-corrected chi connectivity index (χ4v) is 2.37. The molecule has 0 bridgehead atoms. The summed E-state index contributed by atoms with van der Waals surface area (Å²) in [6.45, 7) is 11.9. The van der Waals surface area contributed by atoms with Crippen molar-refractivity contribution in [3.63, 3.8) is 0 Å². The van der Waals surface area contributed by atoms with Gasteiger partial charge in [-0.2, -0.15) is 0 Å². The van der Waals surface area contributed by atoms with Crippen LogP contribution in [0.25, 0.3) is 0 Å². The van der Waals surface area contributed by atoms with Crippen LogP contribution in [0, 0.1) is 0 Å². The molecule has 2 heteroatoms. The maximum absolute atomic E-state index is 5.96. The molecule has 0 atom stereocenters. The Bertz CT molecular complexity index is 418. The maximum Gasteiger partial charge on any atom is 0.122 e. The Labute approximate surface area is 137 Å². The Balaban J connectivity index is 2.62. The van der Waals surface area contributed by atoms with Crippen LogP contribution in [0.3, 0.4) is 0 Å². The molecular weight excluding hydrogens is 272 g/mol. The highest BCUT2D eigenvalue weighted by atomic mass is 16.5. The second kappa shape index (κ2) is 9.89. The molecule has 0 N–H and O–H groups in total. The summed E-state index contributed by atoms with van der Waals surface area (Å²) in [4.78, 5) is 0. The molecular formula is C20H34O2. The summed E-state index contributed by atoms with van der Waals surface area (Å²) in [5.74, 6) is 1.03. The second-order valence-electron chi connectivity index (χ2n) is 6.96. The first-order valence-electron chi connectivity index (χ1n) is 8.84. The molecule has 0 spiro atoms. The predicted molar refractivity (Wildman–Crippen MR) is 94.9 cm³/mol. The van der Waals surface area contributed by atoms with Crippen LogP contribution in [0.15, 0.2) is 18.2 Å². The first kappa shape index (κ1) is 19.0. The van der Waals surface area contributed by atoms with E-state index in [0.29, 0.717) is 13.2 Å². The van der Waals surface area contributed by atoms with Crippen molar-refractivity contribution in [1.82, 2.24) is 0 Å². The van der Waals surface area contributed by atoms with Gasteiger partial charge in [0.2, 0.25) is 0 Å². The summed E-state index contributed by atoms with van der Waals surface area (Å²) in [6, 6.07) is 6.70. The van der Waals surface area contributed by atoms with Gasteiger partial charge in [-0.25, -0.2) is 0 Å². The van der Waals surface area contributed by atoms with Crippen LogP contribution in [0.1, 0.15) is 71.4 Å². The van der Waals surface area contributed by atoms with Crippen molar-refractivity contribution in [3.8, 4) is 5.75 Å². The predicted octanol–water partition coefficient (Wildman–Crippen LogP) is 5.57. The highest BCUT2D eigenvalue weighted by molar-refractivity contribution is 5.37. The number of hydrogen-bond acceptors (Lipinski definition) is 2. The lowest BCUT2D eigenvalue weighted by atomic mass is 10.0. The Morgan fingerprint density at radius 2 is 1.59 bits per heavy atom. The average Bonchev–Trinajstić information content (AvgIpc) is 2.47. The normalized spacial score (nSPS) is 11.7. The van der Waals surface area contributed by atoms with Crippen molar-refractivity contribution in [2.75, 3.05) is 13.2 Å². The lowest BCUT2D eigenvalue weighted by molar-refractivity contribution is -0.0163. The maximum atomic E-state index is 5.96. The monoisotopic (exact) mass is 306 g/mol. The molecule has 0 unspecified atom stereocenters. The summed E-state index contributed by atoms with van der Waals surface area (Å²) < 4.78 is 11.7. The third-order valence-corrected chi connectivity index (χ3v) is 3.62. The van der Waals surface area contributed by atoms with E-state index in [1.165, 1.54) is 43.2 Å². The first-order valence-corrected chi connectivity index (χ1v) is 8.84. The smallest absolute Gasteiger partial charge is 0.122 e. The Morgan fingerprint density at radius 3 is 2.23 bits per heavy atom. The van der Waals surface area contributed by atoms with Gasteiger partial charge in [0.15, 0.2) is 0 Å². The van der Waals surface area contributed by atoms with Crippen LogP contribution < -0.4 is 4.74 Å². The van der Waals surface area contributed by atoms with E-state index in [-0.39, 0.29) is 5.60 Å².